The smallest absolute Gasteiger partial charge is 0.460 e. The van der Waals surface area contributed by atoms with Crippen molar-refractivity contribution in [2.45, 2.75) is 69.3 Å². The van der Waals surface area contributed by atoms with Gasteiger partial charge in [-0.1, -0.05) is 19.1 Å². The first-order valence-corrected chi connectivity index (χ1v) is 8.09. The highest BCUT2D eigenvalue weighted by Crippen LogP contribution is 2.55. The van der Waals surface area contributed by atoms with Gasteiger partial charge in [0.05, 0.1) is 18.1 Å². The number of aliphatic hydroxyl groups is 1. The van der Waals surface area contributed by atoms with Gasteiger partial charge in [-0.25, -0.2) is 0 Å². The molecule has 28 heavy (non-hydrogen) atoms. The summed E-state index contributed by atoms with van der Waals surface area (Å²) in [5, 5.41) is 10.1. The van der Waals surface area contributed by atoms with Crippen LogP contribution < -0.4 is 4.74 Å². The van der Waals surface area contributed by atoms with E-state index in [1.54, 1.807) is 6.92 Å². The molecule has 1 aromatic rings. The van der Waals surface area contributed by atoms with Gasteiger partial charge in [0.25, 0.3) is 0 Å². The highest BCUT2D eigenvalue weighted by atomic mass is 19.4. The topological polar surface area (TPSA) is 29.5 Å². The number of rotatable bonds is 8. The summed E-state index contributed by atoms with van der Waals surface area (Å²) < 4.78 is 122. The van der Waals surface area contributed by atoms with Gasteiger partial charge < -0.3 is 9.84 Å². The molecule has 2 atom stereocenters. The van der Waals surface area contributed by atoms with E-state index in [1.807, 2.05) is 6.92 Å². The molecule has 162 valence electrons. The fourth-order valence-electron chi connectivity index (χ4n) is 2.26. The summed E-state index contributed by atoms with van der Waals surface area (Å²) >= 11 is 0. The maximum Gasteiger partial charge on any atom is 0.460 e. The van der Waals surface area contributed by atoms with Crippen LogP contribution in [0.3, 0.4) is 0 Å². The van der Waals surface area contributed by atoms with E-state index in [4.69, 9.17) is 4.74 Å². The Morgan fingerprint density at radius 2 is 1.36 bits per heavy atom. The van der Waals surface area contributed by atoms with Gasteiger partial charge in [-0.05, 0) is 38.0 Å². The second-order valence-corrected chi connectivity index (χ2v) is 6.66. The second kappa shape index (κ2) is 7.64. The Morgan fingerprint density at radius 3 is 1.75 bits per heavy atom. The molecule has 0 radical (unpaired) electrons. The molecule has 2 unspecified atom stereocenters. The zero-order chi connectivity index (χ0) is 22.2. The van der Waals surface area contributed by atoms with Crippen molar-refractivity contribution >= 4 is 0 Å². The van der Waals surface area contributed by atoms with Crippen LogP contribution in [0.15, 0.2) is 24.3 Å². The molecule has 0 spiro atoms. The Labute approximate surface area is 155 Å². The predicted molar refractivity (Wildman–Crippen MR) is 81.9 cm³/mol. The Kier molecular flexibility index (Phi) is 6.66. The van der Waals surface area contributed by atoms with Crippen LogP contribution >= 0.6 is 0 Å². The zero-order valence-electron chi connectivity index (χ0n) is 15.1. The summed E-state index contributed by atoms with van der Waals surface area (Å²) in [5.74, 6) is -19.4. The molecule has 0 heterocycles. The third-order valence-corrected chi connectivity index (χ3v) is 4.16. The fourth-order valence-corrected chi connectivity index (χ4v) is 2.26. The molecule has 11 heteroatoms. The molecule has 0 fully saturated rings. The maximum atomic E-state index is 13.8. The van der Waals surface area contributed by atoms with E-state index >= 15 is 0 Å². The molecule has 0 aromatic heterocycles. The Hall–Kier alpha value is -1.65. The van der Waals surface area contributed by atoms with Gasteiger partial charge in [0, 0.05) is 0 Å². The number of halogens is 9. The summed E-state index contributed by atoms with van der Waals surface area (Å²) in [4.78, 5) is 0. The maximum absolute atomic E-state index is 13.8. The van der Waals surface area contributed by atoms with Crippen LogP contribution in [0.5, 0.6) is 5.75 Å². The molecular weight excluding hydrogens is 407 g/mol. The molecule has 0 saturated heterocycles. The van der Waals surface area contributed by atoms with Gasteiger partial charge in [0.15, 0.2) is 0 Å². The third-order valence-electron chi connectivity index (χ3n) is 4.16. The van der Waals surface area contributed by atoms with Gasteiger partial charge in [0.1, 0.15) is 5.75 Å². The minimum Gasteiger partial charge on any atom is -0.491 e. The molecule has 0 aliphatic heterocycles. The van der Waals surface area contributed by atoms with Gasteiger partial charge in [0.2, 0.25) is 0 Å². The van der Waals surface area contributed by atoms with Crippen molar-refractivity contribution < 1.29 is 49.4 Å². The number of benzene rings is 1. The average Bonchev–Trinajstić information content (AvgIpc) is 2.52. The molecule has 0 saturated carbocycles. The summed E-state index contributed by atoms with van der Waals surface area (Å²) in [6.45, 7) is 4.16. The minimum atomic E-state index is -6.99. The van der Waals surface area contributed by atoms with Crippen molar-refractivity contribution in [3.63, 3.8) is 0 Å². The molecular formula is C17H19F9O2. The second-order valence-electron chi connectivity index (χ2n) is 6.66. The Balaban J connectivity index is 3.12. The lowest BCUT2D eigenvalue weighted by Gasteiger charge is -2.37. The van der Waals surface area contributed by atoms with E-state index in [9.17, 15) is 44.6 Å². The van der Waals surface area contributed by atoms with Gasteiger partial charge in [-0.15, -0.1) is 0 Å². The summed E-state index contributed by atoms with van der Waals surface area (Å²) in [5.41, 5.74) is -3.22. The standard InChI is InChI=1S/C17H19F9O2/c1-4-10(2)28-12-7-5-11(6-8-12)13(3,27)9-14(18,19)15(20,21)16(22,23)17(24,25)26/h5-8,10,27H,4,9H2,1-3H3. The van der Waals surface area contributed by atoms with Crippen molar-refractivity contribution in [1.82, 2.24) is 0 Å². The Bertz CT molecular complexity index is 652. The summed E-state index contributed by atoms with van der Waals surface area (Å²) in [6.07, 6.45) is -8.85. The molecule has 0 aliphatic carbocycles. The monoisotopic (exact) mass is 426 g/mol. The predicted octanol–water partition coefficient (Wildman–Crippen LogP) is 5.93. The van der Waals surface area contributed by atoms with Crippen molar-refractivity contribution in [3.8, 4) is 5.75 Å². The van der Waals surface area contributed by atoms with Crippen molar-refractivity contribution in [2.75, 3.05) is 0 Å². The number of ether oxygens (including phenoxy) is 1. The normalized spacial score (nSPS) is 17.2. The largest absolute Gasteiger partial charge is 0.491 e. The zero-order valence-corrected chi connectivity index (χ0v) is 15.1. The summed E-state index contributed by atoms with van der Waals surface area (Å²) in [7, 11) is 0. The lowest BCUT2D eigenvalue weighted by Crippen LogP contribution is -2.62. The lowest BCUT2D eigenvalue weighted by molar-refractivity contribution is -0.400. The van der Waals surface area contributed by atoms with Crippen LogP contribution in [-0.4, -0.2) is 35.2 Å². The van der Waals surface area contributed by atoms with Crippen LogP contribution in [0.2, 0.25) is 0 Å². The number of hydrogen-bond acceptors (Lipinski definition) is 2. The van der Waals surface area contributed by atoms with E-state index in [0.717, 1.165) is 12.1 Å². The van der Waals surface area contributed by atoms with Gasteiger partial charge >= 0.3 is 23.9 Å². The first kappa shape index (κ1) is 24.4. The SMILES string of the molecule is CCC(C)Oc1ccc(C(C)(O)CC(F)(F)C(F)(F)C(F)(F)C(F)(F)F)cc1. The molecule has 0 bridgehead atoms. The van der Waals surface area contributed by atoms with E-state index in [1.165, 1.54) is 12.1 Å². The van der Waals surface area contributed by atoms with Crippen molar-refractivity contribution in [1.29, 1.82) is 0 Å². The summed E-state index contributed by atoms with van der Waals surface area (Å²) in [6, 6.07) is 4.48. The van der Waals surface area contributed by atoms with Crippen LogP contribution in [0.4, 0.5) is 39.5 Å². The van der Waals surface area contributed by atoms with Crippen LogP contribution in [-0.2, 0) is 5.60 Å². The number of alkyl halides is 9. The van der Waals surface area contributed by atoms with E-state index in [0.29, 0.717) is 13.3 Å². The van der Waals surface area contributed by atoms with Crippen LogP contribution in [0, 0.1) is 0 Å². The molecule has 1 rings (SSSR count). The average molecular weight is 426 g/mol. The molecule has 2 nitrogen and oxygen atoms in total. The third kappa shape index (κ3) is 4.66. The molecule has 0 aliphatic rings. The van der Waals surface area contributed by atoms with E-state index in [2.05, 4.69) is 0 Å². The highest BCUT2D eigenvalue weighted by molar-refractivity contribution is 5.31. The van der Waals surface area contributed by atoms with Crippen molar-refractivity contribution in [2.24, 2.45) is 0 Å². The molecule has 0 amide bonds. The van der Waals surface area contributed by atoms with Crippen molar-refractivity contribution in [3.05, 3.63) is 29.8 Å². The quantitative estimate of drug-likeness (QED) is 0.522. The first-order chi connectivity index (χ1) is 12.4. The first-order valence-electron chi connectivity index (χ1n) is 8.09. The Morgan fingerprint density at radius 1 is 0.893 bits per heavy atom. The lowest BCUT2D eigenvalue weighted by atomic mass is 9.86. The highest BCUT2D eigenvalue weighted by Gasteiger charge is 2.81. The minimum absolute atomic E-state index is 0.209. The molecule has 1 N–H and O–H groups in total. The molecule has 1 aromatic carbocycles. The fraction of sp³-hybridized carbons (Fsp3) is 0.647. The van der Waals surface area contributed by atoms with E-state index in [-0.39, 0.29) is 11.9 Å². The number of hydrogen-bond donors (Lipinski definition) is 1. The van der Waals surface area contributed by atoms with Crippen LogP contribution in [0.25, 0.3) is 0 Å². The van der Waals surface area contributed by atoms with Gasteiger partial charge in [-0.3, -0.25) is 0 Å². The van der Waals surface area contributed by atoms with Crippen LogP contribution in [0.1, 0.15) is 39.2 Å². The van der Waals surface area contributed by atoms with E-state index < -0.39 is 41.5 Å². The van der Waals surface area contributed by atoms with Gasteiger partial charge in [-0.2, -0.15) is 39.5 Å².